The van der Waals surface area contributed by atoms with Crippen molar-refractivity contribution in [1.82, 2.24) is 9.97 Å². The van der Waals surface area contributed by atoms with Gasteiger partial charge in [-0.15, -0.1) is 0 Å². The first kappa shape index (κ1) is 19.3. The molecule has 0 bridgehead atoms. The number of nitrogens with zero attached hydrogens (tertiary/aromatic N) is 1. The van der Waals surface area contributed by atoms with Crippen LogP contribution in [-0.4, -0.2) is 9.97 Å². The van der Waals surface area contributed by atoms with Crippen LogP contribution in [0, 0.1) is 0 Å². The highest BCUT2D eigenvalue weighted by atomic mass is 15.0. The molecule has 0 radical (unpaired) electrons. The SMILES string of the molecule is CCCCC(C)(C)c1nc(C(C)(C)CC)c(C(C)CCC)[nH]1. The first-order chi connectivity index (χ1) is 10.2. The molecule has 0 fully saturated rings. The Labute approximate surface area is 138 Å². The molecule has 0 saturated heterocycles. The lowest BCUT2D eigenvalue weighted by atomic mass is 9.82. The zero-order valence-electron chi connectivity index (χ0n) is 16.3. The number of nitrogens with one attached hydrogen (secondary N) is 1. The maximum Gasteiger partial charge on any atom is 0.112 e. The zero-order chi connectivity index (χ0) is 17.0. The number of imidazole rings is 1. The predicted octanol–water partition coefficient (Wildman–Crippen LogP) is 6.47. The predicted molar refractivity (Wildman–Crippen MR) is 97.8 cm³/mol. The number of aromatic nitrogens is 2. The minimum absolute atomic E-state index is 0.138. The maximum absolute atomic E-state index is 5.13. The Kier molecular flexibility index (Phi) is 6.70. The van der Waals surface area contributed by atoms with Gasteiger partial charge in [-0.2, -0.15) is 0 Å². The van der Waals surface area contributed by atoms with E-state index >= 15 is 0 Å². The molecule has 0 aliphatic heterocycles. The molecule has 2 nitrogen and oxygen atoms in total. The molecule has 1 rings (SSSR count). The van der Waals surface area contributed by atoms with Gasteiger partial charge in [-0.3, -0.25) is 0 Å². The number of unbranched alkanes of at least 4 members (excludes halogenated alkanes) is 1. The van der Waals surface area contributed by atoms with Crippen molar-refractivity contribution in [3.8, 4) is 0 Å². The number of rotatable bonds is 9. The van der Waals surface area contributed by atoms with Crippen LogP contribution < -0.4 is 0 Å². The minimum atomic E-state index is 0.138. The summed E-state index contributed by atoms with van der Waals surface area (Å²) in [5.41, 5.74) is 2.97. The molecule has 1 unspecified atom stereocenters. The average molecular weight is 307 g/mol. The van der Waals surface area contributed by atoms with E-state index in [9.17, 15) is 0 Å². The summed E-state index contributed by atoms with van der Waals surface area (Å²) >= 11 is 0. The molecule has 2 heteroatoms. The Balaban J connectivity index is 3.25. The zero-order valence-corrected chi connectivity index (χ0v) is 16.3. The summed E-state index contributed by atoms with van der Waals surface area (Å²) in [6.45, 7) is 18.5. The second-order valence-corrected chi connectivity index (χ2v) is 8.26. The van der Waals surface area contributed by atoms with E-state index < -0.39 is 0 Å². The highest BCUT2D eigenvalue weighted by Gasteiger charge is 2.32. The van der Waals surface area contributed by atoms with Crippen molar-refractivity contribution in [2.75, 3.05) is 0 Å². The quantitative estimate of drug-likeness (QED) is 0.556. The largest absolute Gasteiger partial charge is 0.345 e. The number of hydrogen-bond donors (Lipinski definition) is 1. The van der Waals surface area contributed by atoms with E-state index in [4.69, 9.17) is 4.98 Å². The fourth-order valence-corrected chi connectivity index (χ4v) is 3.06. The van der Waals surface area contributed by atoms with Crippen molar-refractivity contribution in [3.05, 3.63) is 17.2 Å². The smallest absolute Gasteiger partial charge is 0.112 e. The van der Waals surface area contributed by atoms with Gasteiger partial charge in [-0.25, -0.2) is 4.98 Å². The van der Waals surface area contributed by atoms with Crippen LogP contribution in [0.2, 0.25) is 0 Å². The molecule has 1 aromatic rings. The van der Waals surface area contributed by atoms with Crippen LogP contribution in [0.1, 0.15) is 117 Å². The molecule has 1 aromatic heterocycles. The Morgan fingerprint density at radius 1 is 1.00 bits per heavy atom. The van der Waals surface area contributed by atoms with Crippen molar-refractivity contribution in [3.63, 3.8) is 0 Å². The molecule has 0 amide bonds. The summed E-state index contributed by atoms with van der Waals surface area (Å²) in [7, 11) is 0. The maximum atomic E-state index is 5.13. The van der Waals surface area contributed by atoms with Gasteiger partial charge < -0.3 is 4.98 Å². The van der Waals surface area contributed by atoms with E-state index in [-0.39, 0.29) is 10.8 Å². The van der Waals surface area contributed by atoms with Gasteiger partial charge in [0.15, 0.2) is 0 Å². The summed E-state index contributed by atoms with van der Waals surface area (Å²) in [4.78, 5) is 8.87. The van der Waals surface area contributed by atoms with Gasteiger partial charge >= 0.3 is 0 Å². The Morgan fingerprint density at radius 2 is 1.64 bits per heavy atom. The highest BCUT2D eigenvalue weighted by Crippen LogP contribution is 2.36. The van der Waals surface area contributed by atoms with E-state index in [2.05, 4.69) is 60.4 Å². The van der Waals surface area contributed by atoms with Crippen LogP contribution in [0.5, 0.6) is 0 Å². The number of H-pyrrole nitrogens is 1. The van der Waals surface area contributed by atoms with Crippen molar-refractivity contribution >= 4 is 0 Å². The lowest BCUT2D eigenvalue weighted by molar-refractivity contribution is 0.430. The first-order valence-electron chi connectivity index (χ1n) is 9.30. The van der Waals surface area contributed by atoms with Gasteiger partial charge in [0, 0.05) is 16.5 Å². The van der Waals surface area contributed by atoms with Gasteiger partial charge in [-0.1, -0.05) is 74.7 Å². The average Bonchev–Trinajstić information content (AvgIpc) is 2.92. The van der Waals surface area contributed by atoms with Gasteiger partial charge in [0.1, 0.15) is 5.82 Å². The normalized spacial score (nSPS) is 14.4. The van der Waals surface area contributed by atoms with E-state index in [1.54, 1.807) is 0 Å². The van der Waals surface area contributed by atoms with Gasteiger partial charge in [0.25, 0.3) is 0 Å². The van der Waals surface area contributed by atoms with E-state index in [1.807, 2.05) is 0 Å². The van der Waals surface area contributed by atoms with Crippen molar-refractivity contribution in [1.29, 1.82) is 0 Å². The second-order valence-electron chi connectivity index (χ2n) is 8.26. The molecule has 0 aliphatic rings. The van der Waals surface area contributed by atoms with Crippen LogP contribution in [0.3, 0.4) is 0 Å². The van der Waals surface area contributed by atoms with Crippen LogP contribution in [0.25, 0.3) is 0 Å². The van der Waals surface area contributed by atoms with Gasteiger partial charge in [0.2, 0.25) is 0 Å². The van der Waals surface area contributed by atoms with Crippen molar-refractivity contribution in [2.24, 2.45) is 0 Å². The summed E-state index contributed by atoms with van der Waals surface area (Å²) in [6, 6.07) is 0. The molecule has 22 heavy (non-hydrogen) atoms. The van der Waals surface area contributed by atoms with E-state index in [1.165, 1.54) is 49.3 Å². The second kappa shape index (κ2) is 7.66. The Morgan fingerprint density at radius 3 is 2.14 bits per heavy atom. The van der Waals surface area contributed by atoms with Crippen molar-refractivity contribution in [2.45, 2.75) is 111 Å². The third-order valence-corrected chi connectivity index (χ3v) is 5.27. The van der Waals surface area contributed by atoms with Gasteiger partial charge in [0.05, 0.1) is 5.69 Å². The molecule has 0 spiro atoms. The number of aromatic amines is 1. The molecular formula is C20H38N2. The summed E-state index contributed by atoms with van der Waals surface area (Å²) in [5.74, 6) is 1.75. The van der Waals surface area contributed by atoms with Crippen LogP contribution in [0.15, 0.2) is 0 Å². The van der Waals surface area contributed by atoms with E-state index in [0.29, 0.717) is 5.92 Å². The lowest BCUT2D eigenvalue weighted by Gasteiger charge is -2.24. The summed E-state index contributed by atoms with van der Waals surface area (Å²) < 4.78 is 0. The molecule has 0 saturated carbocycles. The van der Waals surface area contributed by atoms with Gasteiger partial charge in [-0.05, 0) is 25.2 Å². The monoisotopic (exact) mass is 306 g/mol. The molecule has 1 heterocycles. The third-order valence-electron chi connectivity index (χ3n) is 5.27. The molecule has 0 aromatic carbocycles. The Hall–Kier alpha value is -0.790. The third kappa shape index (κ3) is 4.36. The lowest BCUT2D eigenvalue weighted by Crippen LogP contribution is -2.21. The standard InChI is InChI=1S/C20H38N2/c1-9-12-14-20(7,8)18-21-16(15(4)13-10-2)17(22-18)19(5,6)11-3/h15H,9-14H2,1-8H3,(H,21,22). The highest BCUT2D eigenvalue weighted by molar-refractivity contribution is 5.28. The first-order valence-corrected chi connectivity index (χ1v) is 9.30. The molecule has 0 aliphatic carbocycles. The number of hydrogen-bond acceptors (Lipinski definition) is 1. The topological polar surface area (TPSA) is 28.7 Å². The fraction of sp³-hybridized carbons (Fsp3) is 0.850. The van der Waals surface area contributed by atoms with Crippen LogP contribution in [0.4, 0.5) is 0 Å². The Bertz CT molecular complexity index is 454. The van der Waals surface area contributed by atoms with Crippen molar-refractivity contribution < 1.29 is 0 Å². The van der Waals surface area contributed by atoms with Crippen LogP contribution in [-0.2, 0) is 10.8 Å². The fourth-order valence-electron chi connectivity index (χ4n) is 3.06. The molecular weight excluding hydrogens is 268 g/mol. The minimum Gasteiger partial charge on any atom is -0.345 e. The molecule has 1 N–H and O–H groups in total. The molecule has 128 valence electrons. The molecule has 1 atom stereocenters. The summed E-state index contributed by atoms with van der Waals surface area (Å²) in [5, 5.41) is 0. The van der Waals surface area contributed by atoms with E-state index in [0.717, 1.165) is 6.42 Å². The van der Waals surface area contributed by atoms with Crippen LogP contribution >= 0.6 is 0 Å². The summed E-state index contributed by atoms with van der Waals surface area (Å²) in [6.07, 6.45) is 7.28.